The van der Waals surface area contributed by atoms with Crippen LogP contribution in [0.1, 0.15) is 39.9 Å². The highest BCUT2D eigenvalue weighted by Gasteiger charge is 2.25. The van der Waals surface area contributed by atoms with Gasteiger partial charge in [0.25, 0.3) is 5.91 Å². The van der Waals surface area contributed by atoms with Crippen LogP contribution in [0.3, 0.4) is 0 Å². The molecule has 0 N–H and O–H groups in total. The third-order valence-corrected chi connectivity index (χ3v) is 5.92. The second kappa shape index (κ2) is 9.06. The molecule has 1 amide bonds. The molecule has 1 aliphatic heterocycles. The Morgan fingerprint density at radius 1 is 1.13 bits per heavy atom. The Morgan fingerprint density at radius 2 is 1.90 bits per heavy atom. The Hall–Kier alpha value is -2.92. The van der Waals surface area contributed by atoms with E-state index in [9.17, 15) is 4.79 Å². The molecule has 1 atom stereocenters. The van der Waals surface area contributed by atoms with Crippen LogP contribution in [0.15, 0.2) is 48.5 Å². The third-order valence-electron chi connectivity index (χ3n) is 5.92. The minimum Gasteiger partial charge on any atom is -0.376 e. The molecular formula is C26H31N3O2. The van der Waals surface area contributed by atoms with E-state index in [-0.39, 0.29) is 12.0 Å². The highest BCUT2D eigenvalue weighted by molar-refractivity contribution is 5.94. The summed E-state index contributed by atoms with van der Waals surface area (Å²) in [5.74, 6) is 0.931. The number of anilines is 1. The summed E-state index contributed by atoms with van der Waals surface area (Å²) < 4.78 is 5.87. The summed E-state index contributed by atoms with van der Waals surface area (Å²) >= 11 is 0. The van der Waals surface area contributed by atoms with E-state index in [1.165, 1.54) is 0 Å². The van der Waals surface area contributed by atoms with Gasteiger partial charge in [0.2, 0.25) is 0 Å². The lowest BCUT2D eigenvalue weighted by atomic mass is 10.1. The van der Waals surface area contributed by atoms with Crippen molar-refractivity contribution in [3.63, 3.8) is 0 Å². The first-order chi connectivity index (χ1) is 14.9. The van der Waals surface area contributed by atoms with Gasteiger partial charge < -0.3 is 14.5 Å². The average molecular weight is 418 g/mol. The Balaban J connectivity index is 1.71. The van der Waals surface area contributed by atoms with Crippen LogP contribution in [0, 0.1) is 13.8 Å². The summed E-state index contributed by atoms with van der Waals surface area (Å²) in [6.07, 6.45) is 2.14. The van der Waals surface area contributed by atoms with Gasteiger partial charge >= 0.3 is 0 Å². The number of amides is 1. The number of para-hydroxylation sites is 1. The maximum absolute atomic E-state index is 13.5. The molecule has 5 nitrogen and oxygen atoms in total. The molecule has 0 bridgehead atoms. The minimum absolute atomic E-state index is 0.0320. The lowest BCUT2D eigenvalue weighted by Crippen LogP contribution is -2.37. The van der Waals surface area contributed by atoms with Crippen molar-refractivity contribution in [3.05, 3.63) is 70.8 Å². The predicted molar refractivity (Wildman–Crippen MR) is 126 cm³/mol. The quantitative estimate of drug-likeness (QED) is 0.581. The first-order valence-corrected chi connectivity index (χ1v) is 11.0. The van der Waals surface area contributed by atoms with Gasteiger partial charge in [-0.05, 0) is 50.5 Å². The largest absolute Gasteiger partial charge is 0.376 e. The van der Waals surface area contributed by atoms with Gasteiger partial charge in [-0.25, -0.2) is 4.98 Å². The number of hydrogen-bond donors (Lipinski definition) is 0. The highest BCUT2D eigenvalue weighted by Crippen LogP contribution is 2.27. The molecule has 1 saturated heterocycles. The number of ether oxygens (including phenoxy) is 1. The van der Waals surface area contributed by atoms with Gasteiger partial charge in [-0.15, -0.1) is 0 Å². The number of rotatable bonds is 6. The molecule has 1 aromatic heterocycles. The Morgan fingerprint density at radius 3 is 2.58 bits per heavy atom. The molecule has 31 heavy (non-hydrogen) atoms. The molecule has 2 heterocycles. The van der Waals surface area contributed by atoms with Crippen molar-refractivity contribution in [1.82, 2.24) is 9.88 Å². The molecule has 162 valence electrons. The minimum atomic E-state index is 0.0320. The smallest absolute Gasteiger partial charge is 0.254 e. The van der Waals surface area contributed by atoms with Crippen molar-refractivity contribution in [2.24, 2.45) is 0 Å². The molecule has 4 rings (SSSR count). The van der Waals surface area contributed by atoms with Crippen molar-refractivity contribution in [3.8, 4) is 0 Å². The van der Waals surface area contributed by atoms with E-state index in [0.717, 1.165) is 52.9 Å². The van der Waals surface area contributed by atoms with Gasteiger partial charge in [0.05, 0.1) is 11.6 Å². The fourth-order valence-corrected chi connectivity index (χ4v) is 4.22. The molecule has 1 aliphatic rings. The highest BCUT2D eigenvalue weighted by atomic mass is 16.5. The van der Waals surface area contributed by atoms with Crippen molar-refractivity contribution < 1.29 is 9.53 Å². The number of aromatic nitrogens is 1. The Labute approximate surface area is 184 Å². The molecule has 0 saturated carbocycles. The summed E-state index contributed by atoms with van der Waals surface area (Å²) in [4.78, 5) is 22.4. The fourth-order valence-electron chi connectivity index (χ4n) is 4.22. The predicted octanol–water partition coefficient (Wildman–Crippen LogP) is 4.74. The topological polar surface area (TPSA) is 45.7 Å². The van der Waals surface area contributed by atoms with Crippen LogP contribution < -0.4 is 4.90 Å². The first-order valence-electron chi connectivity index (χ1n) is 11.0. The Bertz CT molecular complexity index is 1070. The second-order valence-corrected chi connectivity index (χ2v) is 8.70. The molecular weight excluding hydrogens is 386 g/mol. The fraction of sp³-hybridized carbons (Fsp3) is 0.385. The summed E-state index contributed by atoms with van der Waals surface area (Å²) in [5, 5.41) is 1.10. The molecule has 0 radical (unpaired) electrons. The van der Waals surface area contributed by atoms with Gasteiger partial charge in [0.1, 0.15) is 5.82 Å². The van der Waals surface area contributed by atoms with Crippen LogP contribution in [0.25, 0.3) is 10.9 Å². The van der Waals surface area contributed by atoms with Crippen molar-refractivity contribution in [1.29, 1.82) is 0 Å². The number of carbonyl (C=O) groups is 1. The van der Waals surface area contributed by atoms with Crippen molar-refractivity contribution in [2.45, 2.75) is 39.3 Å². The molecule has 0 aliphatic carbocycles. The summed E-state index contributed by atoms with van der Waals surface area (Å²) in [5.41, 5.74) is 5.05. The normalized spacial score (nSPS) is 15.9. The number of pyridine rings is 1. The lowest BCUT2D eigenvalue weighted by Gasteiger charge is -2.28. The van der Waals surface area contributed by atoms with E-state index >= 15 is 0 Å². The molecule has 2 aromatic carbocycles. The zero-order valence-corrected chi connectivity index (χ0v) is 18.9. The number of benzene rings is 2. The zero-order chi connectivity index (χ0) is 22.0. The van der Waals surface area contributed by atoms with Gasteiger partial charge in [-0.2, -0.15) is 0 Å². The van der Waals surface area contributed by atoms with E-state index < -0.39 is 0 Å². The van der Waals surface area contributed by atoms with Gasteiger partial charge in [-0.1, -0.05) is 35.9 Å². The van der Waals surface area contributed by atoms with Crippen molar-refractivity contribution >= 4 is 22.6 Å². The monoisotopic (exact) mass is 417 g/mol. The molecule has 3 aromatic rings. The van der Waals surface area contributed by atoms with E-state index in [4.69, 9.17) is 9.72 Å². The maximum Gasteiger partial charge on any atom is 0.254 e. The van der Waals surface area contributed by atoms with Crippen LogP contribution in [0.5, 0.6) is 0 Å². The Kier molecular flexibility index (Phi) is 6.23. The van der Waals surface area contributed by atoms with Gasteiger partial charge in [0.15, 0.2) is 0 Å². The van der Waals surface area contributed by atoms with E-state index in [0.29, 0.717) is 18.7 Å². The number of nitrogens with zero attached hydrogens (tertiary/aromatic N) is 3. The van der Waals surface area contributed by atoms with E-state index in [1.54, 1.807) is 0 Å². The first kappa shape index (κ1) is 21.3. The number of hydrogen-bond acceptors (Lipinski definition) is 4. The molecule has 1 unspecified atom stereocenters. The van der Waals surface area contributed by atoms with E-state index in [2.05, 4.69) is 31.2 Å². The molecule has 1 fully saturated rings. The van der Waals surface area contributed by atoms with Crippen LogP contribution in [0.2, 0.25) is 0 Å². The standard InChI is InChI=1S/C26H31N3O2/c1-18-10-12-20(13-11-18)26(30)29(17-23-9-6-14-31-23)16-22-15-21-8-5-7-19(2)24(21)27-25(22)28(3)4/h5,7-8,10-13,15,23H,6,9,14,16-17H2,1-4H3. The second-order valence-electron chi connectivity index (χ2n) is 8.70. The third kappa shape index (κ3) is 4.72. The molecule has 0 spiro atoms. The number of carbonyl (C=O) groups excluding carboxylic acids is 1. The summed E-state index contributed by atoms with van der Waals surface area (Å²) in [6.45, 7) is 5.98. The summed E-state index contributed by atoms with van der Waals surface area (Å²) in [7, 11) is 4.00. The number of aryl methyl sites for hydroxylation is 2. The van der Waals surface area contributed by atoms with Gasteiger partial charge in [0, 0.05) is 50.3 Å². The van der Waals surface area contributed by atoms with Crippen LogP contribution in [-0.2, 0) is 11.3 Å². The summed E-state index contributed by atoms with van der Waals surface area (Å²) in [6, 6.07) is 16.2. The van der Waals surface area contributed by atoms with Gasteiger partial charge in [-0.3, -0.25) is 4.79 Å². The SMILES string of the molecule is Cc1ccc(C(=O)N(Cc2cc3cccc(C)c3nc2N(C)C)CC2CCCO2)cc1. The van der Waals surface area contributed by atoms with Crippen LogP contribution >= 0.6 is 0 Å². The molecule has 5 heteroatoms. The van der Waals surface area contributed by atoms with Crippen LogP contribution in [-0.4, -0.2) is 49.1 Å². The maximum atomic E-state index is 13.5. The average Bonchev–Trinajstić information content (AvgIpc) is 3.26. The lowest BCUT2D eigenvalue weighted by molar-refractivity contribution is 0.0507. The number of fused-ring (bicyclic) bond motifs is 1. The van der Waals surface area contributed by atoms with E-state index in [1.807, 2.05) is 55.1 Å². The van der Waals surface area contributed by atoms with Crippen molar-refractivity contribution in [2.75, 3.05) is 32.1 Å². The van der Waals surface area contributed by atoms with Crippen LogP contribution in [0.4, 0.5) is 5.82 Å². The zero-order valence-electron chi connectivity index (χ0n) is 18.9.